The molecular weight excluding hydrogens is 246 g/mol. The molecule has 0 atom stereocenters. The number of carbonyl (C=O) groups is 2. The van der Waals surface area contributed by atoms with E-state index in [0.29, 0.717) is 32.0 Å². The standard InChI is InChI=1S/C14H25NO4/c1-4-14(5-2,13(17)18)10-12(16)15(8-9-19-3)11-6-7-11/h11H,4-10H2,1-3H3,(H,17,18). The highest BCUT2D eigenvalue weighted by atomic mass is 16.5. The quantitative estimate of drug-likeness (QED) is 0.695. The van der Waals surface area contributed by atoms with E-state index in [-0.39, 0.29) is 12.3 Å². The lowest BCUT2D eigenvalue weighted by Gasteiger charge is -2.30. The van der Waals surface area contributed by atoms with Gasteiger partial charge in [0.2, 0.25) is 5.91 Å². The molecule has 1 aliphatic rings. The van der Waals surface area contributed by atoms with E-state index in [1.165, 1.54) is 0 Å². The molecule has 1 fully saturated rings. The zero-order valence-corrected chi connectivity index (χ0v) is 12.1. The van der Waals surface area contributed by atoms with Crippen molar-refractivity contribution >= 4 is 11.9 Å². The second-order valence-corrected chi connectivity index (χ2v) is 5.28. The lowest BCUT2D eigenvalue weighted by Crippen LogP contribution is -2.41. The molecule has 0 aromatic rings. The Balaban J connectivity index is 2.70. The Morgan fingerprint density at radius 3 is 2.26 bits per heavy atom. The van der Waals surface area contributed by atoms with Gasteiger partial charge in [-0.25, -0.2) is 0 Å². The van der Waals surface area contributed by atoms with Gasteiger partial charge in [-0.1, -0.05) is 13.8 Å². The van der Waals surface area contributed by atoms with Crippen molar-refractivity contribution in [3.05, 3.63) is 0 Å². The maximum atomic E-state index is 12.4. The average Bonchev–Trinajstić information content (AvgIpc) is 3.20. The van der Waals surface area contributed by atoms with Gasteiger partial charge in [0.25, 0.3) is 0 Å². The molecule has 0 saturated heterocycles. The molecule has 0 aromatic heterocycles. The van der Waals surface area contributed by atoms with Crippen LogP contribution in [0.25, 0.3) is 0 Å². The Kier molecular flexibility index (Phi) is 5.79. The van der Waals surface area contributed by atoms with Crippen LogP contribution in [0, 0.1) is 5.41 Å². The van der Waals surface area contributed by atoms with Crippen LogP contribution >= 0.6 is 0 Å². The predicted molar refractivity (Wildman–Crippen MR) is 71.9 cm³/mol. The minimum Gasteiger partial charge on any atom is -0.481 e. The van der Waals surface area contributed by atoms with Crippen LogP contribution in [0.4, 0.5) is 0 Å². The minimum atomic E-state index is -0.919. The normalized spacial score (nSPS) is 15.3. The van der Waals surface area contributed by atoms with Crippen molar-refractivity contribution in [3.8, 4) is 0 Å². The Labute approximate surface area is 114 Å². The van der Waals surface area contributed by atoms with Gasteiger partial charge in [-0.15, -0.1) is 0 Å². The fraction of sp³-hybridized carbons (Fsp3) is 0.857. The van der Waals surface area contributed by atoms with Crippen molar-refractivity contribution < 1.29 is 19.4 Å². The van der Waals surface area contributed by atoms with Gasteiger partial charge in [-0.3, -0.25) is 9.59 Å². The summed E-state index contributed by atoms with van der Waals surface area (Å²) in [5.41, 5.74) is -0.919. The van der Waals surface area contributed by atoms with Gasteiger partial charge in [0.1, 0.15) is 0 Å². The second-order valence-electron chi connectivity index (χ2n) is 5.28. The highest BCUT2D eigenvalue weighted by Gasteiger charge is 2.41. The average molecular weight is 271 g/mol. The minimum absolute atomic E-state index is 0.0503. The zero-order chi connectivity index (χ0) is 14.5. The molecule has 5 heteroatoms. The number of ether oxygens (including phenoxy) is 1. The molecule has 1 rings (SSSR count). The van der Waals surface area contributed by atoms with Gasteiger partial charge in [0.05, 0.1) is 12.0 Å². The van der Waals surface area contributed by atoms with Gasteiger partial charge in [-0.2, -0.15) is 0 Å². The number of rotatable bonds is 9. The topological polar surface area (TPSA) is 66.8 Å². The van der Waals surface area contributed by atoms with Crippen LogP contribution in [0.5, 0.6) is 0 Å². The van der Waals surface area contributed by atoms with E-state index in [0.717, 1.165) is 12.8 Å². The number of methoxy groups -OCH3 is 1. The summed E-state index contributed by atoms with van der Waals surface area (Å²) in [7, 11) is 1.61. The van der Waals surface area contributed by atoms with Crippen molar-refractivity contribution in [1.82, 2.24) is 4.90 Å². The largest absolute Gasteiger partial charge is 0.481 e. The van der Waals surface area contributed by atoms with Crippen LogP contribution in [0.1, 0.15) is 46.0 Å². The number of carbonyl (C=O) groups excluding carboxylic acids is 1. The lowest BCUT2D eigenvalue weighted by molar-refractivity contribution is -0.154. The van der Waals surface area contributed by atoms with E-state index >= 15 is 0 Å². The maximum Gasteiger partial charge on any atom is 0.310 e. The Hall–Kier alpha value is -1.10. The number of hydrogen-bond donors (Lipinski definition) is 1. The molecule has 1 N–H and O–H groups in total. The van der Waals surface area contributed by atoms with Gasteiger partial charge in [-0.05, 0) is 25.7 Å². The van der Waals surface area contributed by atoms with Gasteiger partial charge < -0.3 is 14.7 Å². The molecule has 1 aliphatic carbocycles. The Bertz CT molecular complexity index is 321. The third-order valence-corrected chi connectivity index (χ3v) is 4.14. The van der Waals surface area contributed by atoms with Gasteiger partial charge in [0, 0.05) is 26.1 Å². The van der Waals surface area contributed by atoms with Crippen LogP contribution in [0.15, 0.2) is 0 Å². The SMILES string of the molecule is CCC(CC)(CC(=O)N(CCOC)C1CC1)C(=O)O. The fourth-order valence-corrected chi connectivity index (χ4v) is 2.36. The summed E-state index contributed by atoms with van der Waals surface area (Å²) in [6, 6.07) is 0.294. The van der Waals surface area contributed by atoms with Crippen molar-refractivity contribution in [2.24, 2.45) is 5.41 Å². The summed E-state index contributed by atoms with van der Waals surface area (Å²) in [5, 5.41) is 9.39. The molecule has 0 aromatic carbocycles. The van der Waals surface area contributed by atoms with E-state index in [1.807, 2.05) is 13.8 Å². The van der Waals surface area contributed by atoms with E-state index < -0.39 is 11.4 Å². The summed E-state index contributed by atoms with van der Waals surface area (Å²) in [5.74, 6) is -0.918. The molecule has 1 saturated carbocycles. The van der Waals surface area contributed by atoms with Crippen LogP contribution in [-0.2, 0) is 14.3 Å². The number of amides is 1. The molecule has 0 aliphatic heterocycles. The van der Waals surface area contributed by atoms with E-state index in [4.69, 9.17) is 4.74 Å². The molecule has 1 amide bonds. The molecule has 0 bridgehead atoms. The lowest BCUT2D eigenvalue weighted by atomic mass is 9.79. The van der Waals surface area contributed by atoms with Crippen molar-refractivity contribution in [1.29, 1.82) is 0 Å². The number of carboxylic acids is 1. The van der Waals surface area contributed by atoms with Gasteiger partial charge >= 0.3 is 5.97 Å². The number of carboxylic acid groups (broad SMARTS) is 1. The first kappa shape index (κ1) is 16.0. The molecule has 0 heterocycles. The summed E-state index contributed by atoms with van der Waals surface area (Å²) >= 11 is 0. The van der Waals surface area contributed by atoms with Crippen LogP contribution in [0.2, 0.25) is 0 Å². The maximum absolute atomic E-state index is 12.4. The van der Waals surface area contributed by atoms with E-state index in [9.17, 15) is 14.7 Å². The summed E-state index contributed by atoms with van der Waals surface area (Å²) in [4.78, 5) is 25.6. The first-order valence-corrected chi connectivity index (χ1v) is 7.02. The molecule has 5 nitrogen and oxygen atoms in total. The van der Waals surface area contributed by atoms with Crippen molar-refractivity contribution in [2.75, 3.05) is 20.3 Å². The van der Waals surface area contributed by atoms with E-state index in [2.05, 4.69) is 0 Å². The number of hydrogen-bond acceptors (Lipinski definition) is 3. The Morgan fingerprint density at radius 2 is 1.89 bits per heavy atom. The van der Waals surface area contributed by atoms with Crippen LogP contribution in [-0.4, -0.2) is 48.2 Å². The highest BCUT2D eigenvalue weighted by Crippen LogP contribution is 2.34. The molecule has 110 valence electrons. The molecule has 0 radical (unpaired) electrons. The molecule has 0 spiro atoms. The molecule has 0 unspecified atom stereocenters. The Morgan fingerprint density at radius 1 is 1.32 bits per heavy atom. The molecule has 19 heavy (non-hydrogen) atoms. The number of aliphatic carboxylic acids is 1. The second kappa shape index (κ2) is 6.89. The third kappa shape index (κ3) is 3.93. The summed E-state index contributed by atoms with van der Waals surface area (Å²) in [6.07, 6.45) is 3.10. The van der Waals surface area contributed by atoms with Crippen molar-refractivity contribution in [2.45, 2.75) is 52.0 Å². The molecular formula is C14H25NO4. The zero-order valence-electron chi connectivity index (χ0n) is 12.1. The van der Waals surface area contributed by atoms with Crippen LogP contribution < -0.4 is 0 Å². The first-order chi connectivity index (χ1) is 9.00. The van der Waals surface area contributed by atoms with Gasteiger partial charge in [0.15, 0.2) is 0 Å². The van der Waals surface area contributed by atoms with Crippen molar-refractivity contribution in [3.63, 3.8) is 0 Å². The summed E-state index contributed by atoms with van der Waals surface area (Å²) < 4.78 is 5.02. The third-order valence-electron chi connectivity index (χ3n) is 4.14. The first-order valence-electron chi connectivity index (χ1n) is 7.02. The highest BCUT2D eigenvalue weighted by molar-refractivity contribution is 5.85. The van der Waals surface area contributed by atoms with E-state index in [1.54, 1.807) is 12.0 Å². The fourth-order valence-electron chi connectivity index (χ4n) is 2.36. The van der Waals surface area contributed by atoms with Crippen LogP contribution in [0.3, 0.4) is 0 Å². The predicted octanol–water partition coefficient (Wildman–Crippen LogP) is 1.90. The number of nitrogens with zero attached hydrogens (tertiary/aromatic N) is 1. The monoisotopic (exact) mass is 271 g/mol. The summed E-state index contributed by atoms with van der Waals surface area (Å²) in [6.45, 7) is 4.73. The smallest absolute Gasteiger partial charge is 0.310 e.